The molecule has 1 aromatic heterocycles. The van der Waals surface area contributed by atoms with Gasteiger partial charge in [0, 0.05) is 23.3 Å². The lowest BCUT2D eigenvalue weighted by atomic mass is 9.85. The number of halogens is 3. The van der Waals surface area contributed by atoms with Crippen LogP contribution >= 0.6 is 0 Å². The molecule has 0 saturated carbocycles. The van der Waals surface area contributed by atoms with Crippen LogP contribution in [-0.2, 0) is 11.0 Å². The fourth-order valence-corrected chi connectivity index (χ4v) is 3.56. The Kier molecular flexibility index (Phi) is 4.16. The summed E-state index contributed by atoms with van der Waals surface area (Å²) in [5.41, 5.74) is 1.62. The maximum Gasteiger partial charge on any atom is 0.453 e. The Morgan fingerprint density at radius 2 is 2.07 bits per heavy atom. The first-order valence-corrected chi connectivity index (χ1v) is 8.69. The third-order valence-electron chi connectivity index (χ3n) is 4.64. The second-order valence-electron chi connectivity index (χ2n) is 6.37. The van der Waals surface area contributed by atoms with Crippen molar-refractivity contribution in [3.05, 3.63) is 46.9 Å². The standard InChI is InChI=1S/C18H17F3N4O2/c1-2-27-13-9-4-3-6-10(13)15-14-11(7-5-8-12(14)26)22-17-23-16(18(19,20)21)24-25(15)17/h3-4,6,9,15H,2,5,7-8H2,1H3,(H,22,23,24)/t15-/m1/s1. The van der Waals surface area contributed by atoms with Crippen LogP contribution in [0.1, 0.15) is 43.6 Å². The molecule has 1 aliphatic heterocycles. The number of ether oxygens (including phenoxy) is 1. The van der Waals surface area contributed by atoms with Crippen LogP contribution in [0.2, 0.25) is 0 Å². The summed E-state index contributed by atoms with van der Waals surface area (Å²) in [5, 5.41) is 6.56. The third-order valence-corrected chi connectivity index (χ3v) is 4.64. The number of carbonyl (C=O) groups is 1. The fraction of sp³-hybridized carbons (Fsp3) is 0.389. The molecule has 1 aliphatic carbocycles. The van der Waals surface area contributed by atoms with E-state index in [9.17, 15) is 18.0 Å². The summed E-state index contributed by atoms with van der Waals surface area (Å²) in [6.45, 7) is 2.21. The number of aromatic nitrogens is 3. The zero-order chi connectivity index (χ0) is 19.2. The lowest BCUT2D eigenvalue weighted by molar-refractivity contribution is -0.145. The molecule has 1 N–H and O–H groups in total. The molecule has 0 amide bonds. The van der Waals surface area contributed by atoms with E-state index >= 15 is 0 Å². The Bertz CT molecular complexity index is 933. The molecule has 27 heavy (non-hydrogen) atoms. The van der Waals surface area contributed by atoms with Gasteiger partial charge in [-0.25, -0.2) is 4.68 Å². The molecule has 6 nitrogen and oxygen atoms in total. The van der Waals surface area contributed by atoms with E-state index in [2.05, 4.69) is 15.4 Å². The molecule has 0 spiro atoms. The minimum atomic E-state index is -4.68. The number of carbonyl (C=O) groups excluding carboxylic acids is 1. The van der Waals surface area contributed by atoms with E-state index in [-0.39, 0.29) is 11.7 Å². The Morgan fingerprint density at radius 1 is 1.30 bits per heavy atom. The molecule has 0 saturated heterocycles. The number of Topliss-reactive ketones (excluding diaryl/α,β-unsaturated/α-hetero) is 1. The second kappa shape index (κ2) is 6.40. The van der Waals surface area contributed by atoms with Crippen LogP contribution in [-0.4, -0.2) is 27.2 Å². The van der Waals surface area contributed by atoms with Crippen LogP contribution in [0.3, 0.4) is 0 Å². The van der Waals surface area contributed by atoms with Gasteiger partial charge in [0.2, 0.25) is 5.95 Å². The predicted molar refractivity (Wildman–Crippen MR) is 90.3 cm³/mol. The number of allylic oxidation sites excluding steroid dienone is 2. The maximum atomic E-state index is 13.2. The normalized spacial score (nSPS) is 19.4. The van der Waals surface area contributed by atoms with Gasteiger partial charge in [-0.2, -0.15) is 18.2 Å². The van der Waals surface area contributed by atoms with Gasteiger partial charge in [0.25, 0.3) is 5.82 Å². The molecule has 142 valence electrons. The van der Waals surface area contributed by atoms with E-state index in [1.54, 1.807) is 24.3 Å². The molecule has 2 heterocycles. The number of benzene rings is 1. The Balaban J connectivity index is 1.93. The molecule has 1 aromatic carbocycles. The van der Waals surface area contributed by atoms with Gasteiger partial charge in [-0.3, -0.25) is 4.79 Å². The monoisotopic (exact) mass is 378 g/mol. The number of nitrogens with one attached hydrogen (secondary N) is 1. The molecule has 0 fully saturated rings. The quantitative estimate of drug-likeness (QED) is 0.882. The van der Waals surface area contributed by atoms with Crippen LogP contribution < -0.4 is 10.1 Å². The van der Waals surface area contributed by atoms with E-state index in [1.807, 2.05) is 6.92 Å². The third kappa shape index (κ3) is 2.96. The Hall–Kier alpha value is -2.84. The highest BCUT2D eigenvalue weighted by Gasteiger charge is 2.42. The van der Waals surface area contributed by atoms with Crippen LogP contribution in [0.25, 0.3) is 0 Å². The molecule has 4 rings (SSSR count). The number of para-hydroxylation sites is 1. The van der Waals surface area contributed by atoms with Gasteiger partial charge in [-0.05, 0) is 25.8 Å². The average Bonchev–Trinajstić information content (AvgIpc) is 3.05. The molecular formula is C18H17F3N4O2. The smallest absolute Gasteiger partial charge is 0.453 e. The van der Waals surface area contributed by atoms with Crippen LogP contribution in [0.4, 0.5) is 19.1 Å². The number of rotatable bonds is 3. The van der Waals surface area contributed by atoms with Gasteiger partial charge in [-0.1, -0.05) is 18.2 Å². The maximum absolute atomic E-state index is 13.2. The van der Waals surface area contributed by atoms with Crippen molar-refractivity contribution in [1.82, 2.24) is 14.8 Å². The van der Waals surface area contributed by atoms with Gasteiger partial charge in [-0.15, -0.1) is 5.10 Å². The molecule has 1 atom stereocenters. The van der Waals surface area contributed by atoms with Crippen LogP contribution in [0, 0.1) is 0 Å². The minimum Gasteiger partial charge on any atom is -0.494 e. The fourth-order valence-electron chi connectivity index (χ4n) is 3.56. The number of hydrogen-bond acceptors (Lipinski definition) is 5. The number of fused-ring (bicyclic) bond motifs is 1. The van der Waals surface area contributed by atoms with E-state index in [0.717, 1.165) is 4.68 Å². The highest BCUT2D eigenvalue weighted by molar-refractivity contribution is 5.99. The highest BCUT2D eigenvalue weighted by atomic mass is 19.4. The summed E-state index contributed by atoms with van der Waals surface area (Å²) in [6, 6.07) is 6.20. The summed E-state index contributed by atoms with van der Waals surface area (Å²) in [4.78, 5) is 16.3. The lowest BCUT2D eigenvalue weighted by Gasteiger charge is -2.32. The zero-order valence-corrected chi connectivity index (χ0v) is 14.5. The van der Waals surface area contributed by atoms with Crippen LogP contribution in [0.5, 0.6) is 5.75 Å². The van der Waals surface area contributed by atoms with E-state index in [4.69, 9.17) is 4.74 Å². The molecule has 2 aliphatic rings. The number of alkyl halides is 3. The first-order valence-electron chi connectivity index (χ1n) is 8.69. The minimum absolute atomic E-state index is 0.0212. The van der Waals surface area contributed by atoms with Crippen molar-refractivity contribution >= 4 is 11.7 Å². The number of hydrogen-bond donors (Lipinski definition) is 1. The van der Waals surface area contributed by atoms with E-state index < -0.39 is 18.0 Å². The van der Waals surface area contributed by atoms with Crippen molar-refractivity contribution in [3.63, 3.8) is 0 Å². The summed E-state index contributed by atoms with van der Waals surface area (Å²) in [7, 11) is 0. The van der Waals surface area contributed by atoms with Gasteiger partial charge in [0.05, 0.1) is 6.61 Å². The molecule has 0 bridgehead atoms. The van der Waals surface area contributed by atoms with Crippen molar-refractivity contribution in [3.8, 4) is 5.75 Å². The number of nitrogens with zero attached hydrogens (tertiary/aromatic N) is 3. The number of anilines is 1. The van der Waals surface area contributed by atoms with Crippen molar-refractivity contribution in [1.29, 1.82) is 0 Å². The molecule has 0 radical (unpaired) electrons. The van der Waals surface area contributed by atoms with Gasteiger partial charge in [0.15, 0.2) is 5.78 Å². The van der Waals surface area contributed by atoms with Crippen molar-refractivity contribution < 1.29 is 22.7 Å². The summed E-state index contributed by atoms with van der Waals surface area (Å²) >= 11 is 0. The Morgan fingerprint density at radius 3 is 2.81 bits per heavy atom. The van der Waals surface area contributed by atoms with Crippen molar-refractivity contribution in [2.75, 3.05) is 11.9 Å². The zero-order valence-electron chi connectivity index (χ0n) is 14.5. The van der Waals surface area contributed by atoms with Crippen molar-refractivity contribution in [2.45, 2.75) is 38.4 Å². The first kappa shape index (κ1) is 17.6. The summed E-state index contributed by atoms with van der Waals surface area (Å²) in [5.74, 6) is -0.856. The highest BCUT2D eigenvalue weighted by Crippen LogP contribution is 2.43. The van der Waals surface area contributed by atoms with Gasteiger partial charge in [0.1, 0.15) is 11.8 Å². The van der Waals surface area contributed by atoms with E-state index in [0.29, 0.717) is 48.5 Å². The number of ketones is 1. The summed E-state index contributed by atoms with van der Waals surface area (Å²) in [6.07, 6.45) is -3.11. The second-order valence-corrected chi connectivity index (χ2v) is 6.37. The molecule has 2 aromatic rings. The molecule has 9 heteroatoms. The Labute approximate surface area is 153 Å². The predicted octanol–water partition coefficient (Wildman–Crippen LogP) is 3.72. The van der Waals surface area contributed by atoms with Gasteiger partial charge < -0.3 is 10.1 Å². The lowest BCUT2D eigenvalue weighted by Crippen LogP contribution is -2.31. The van der Waals surface area contributed by atoms with Crippen molar-refractivity contribution in [2.24, 2.45) is 0 Å². The SMILES string of the molecule is CCOc1ccccc1[C@@H]1C2=C(CCCC2=O)Nc2nc(C(F)(F)F)nn21. The molecule has 0 unspecified atom stereocenters. The summed E-state index contributed by atoms with van der Waals surface area (Å²) < 4.78 is 46.3. The van der Waals surface area contributed by atoms with Crippen LogP contribution in [0.15, 0.2) is 35.5 Å². The molecular weight excluding hydrogens is 361 g/mol. The largest absolute Gasteiger partial charge is 0.494 e. The first-order chi connectivity index (χ1) is 12.9. The average molecular weight is 378 g/mol. The van der Waals surface area contributed by atoms with Gasteiger partial charge >= 0.3 is 6.18 Å². The van der Waals surface area contributed by atoms with E-state index in [1.165, 1.54) is 0 Å². The topological polar surface area (TPSA) is 69.0 Å².